The molecule has 1 amide bonds. The molecule has 3 unspecified atom stereocenters. The number of hydrogen-bond donors (Lipinski definition) is 4. The maximum absolute atomic E-state index is 12.3. The van der Waals surface area contributed by atoms with Crippen molar-refractivity contribution in [3.05, 3.63) is 72.1 Å². The molecule has 6 nitrogen and oxygen atoms in total. The fourth-order valence-corrected chi connectivity index (χ4v) is 3.31. The van der Waals surface area contributed by atoms with Gasteiger partial charge in [-0.2, -0.15) is 0 Å². The number of hydrogen-bond acceptors (Lipinski definition) is 5. The molecule has 0 bridgehead atoms. The van der Waals surface area contributed by atoms with E-state index >= 15 is 0 Å². The Labute approximate surface area is 185 Å². The van der Waals surface area contributed by atoms with Crippen LogP contribution in [0.1, 0.15) is 57.2 Å². The minimum absolute atomic E-state index is 0.168. The highest BCUT2D eigenvalue weighted by atomic mass is 16.6. The molecule has 169 valence electrons. The Balaban J connectivity index is 1.95. The molecule has 0 aliphatic rings. The van der Waals surface area contributed by atoms with Crippen LogP contribution in [0.4, 0.5) is 4.79 Å². The number of aliphatic hydroxyl groups excluding tert-OH is 1. The Morgan fingerprint density at radius 1 is 1.10 bits per heavy atom. The normalized spacial score (nSPS) is 14.5. The van der Waals surface area contributed by atoms with Crippen molar-refractivity contribution in [2.45, 2.75) is 70.2 Å². The van der Waals surface area contributed by atoms with Crippen molar-refractivity contribution >= 4 is 6.09 Å². The lowest BCUT2D eigenvalue weighted by Crippen LogP contribution is -2.46. The summed E-state index contributed by atoms with van der Waals surface area (Å²) in [6.45, 7) is 5.38. The molecular formula is C25H35N2O4. The van der Waals surface area contributed by atoms with Gasteiger partial charge in [-0.3, -0.25) is 0 Å². The number of aliphatic hydroxyl groups is 1. The first-order chi connectivity index (χ1) is 14.7. The van der Waals surface area contributed by atoms with Crippen molar-refractivity contribution in [2.24, 2.45) is 5.73 Å². The first-order valence-electron chi connectivity index (χ1n) is 10.7. The monoisotopic (exact) mass is 427 g/mol. The molecule has 0 saturated heterocycles. The van der Waals surface area contributed by atoms with Crippen LogP contribution in [0.2, 0.25) is 0 Å². The topological polar surface area (TPSA) is 105 Å². The van der Waals surface area contributed by atoms with Gasteiger partial charge in [-0.1, -0.05) is 48.5 Å². The molecule has 5 N–H and O–H groups in total. The molecule has 2 aromatic rings. The zero-order valence-electron chi connectivity index (χ0n) is 18.6. The number of carbonyl (C=O) groups excluding carboxylic acids is 1. The molecule has 6 heteroatoms. The van der Waals surface area contributed by atoms with Crippen molar-refractivity contribution in [2.75, 3.05) is 0 Å². The Kier molecular flexibility index (Phi) is 9.34. The molecule has 0 heterocycles. The predicted molar refractivity (Wildman–Crippen MR) is 122 cm³/mol. The van der Waals surface area contributed by atoms with Crippen LogP contribution < -0.4 is 11.1 Å². The van der Waals surface area contributed by atoms with Gasteiger partial charge >= 0.3 is 6.09 Å². The summed E-state index contributed by atoms with van der Waals surface area (Å²) in [6, 6.07) is 16.0. The Morgan fingerprint density at radius 3 is 2.39 bits per heavy atom. The fraction of sp³-hybridized carbons (Fsp3) is 0.440. The molecule has 0 aromatic heterocycles. The summed E-state index contributed by atoms with van der Waals surface area (Å²) in [5, 5.41) is 23.5. The van der Waals surface area contributed by atoms with Gasteiger partial charge < -0.3 is 26.0 Å². The van der Waals surface area contributed by atoms with Gasteiger partial charge in [-0.05, 0) is 64.5 Å². The predicted octanol–water partition coefficient (Wildman–Crippen LogP) is 4.26. The van der Waals surface area contributed by atoms with E-state index in [9.17, 15) is 15.0 Å². The van der Waals surface area contributed by atoms with Crippen molar-refractivity contribution in [3.63, 3.8) is 0 Å². The summed E-state index contributed by atoms with van der Waals surface area (Å²) in [7, 11) is 0. The molecule has 31 heavy (non-hydrogen) atoms. The van der Waals surface area contributed by atoms with E-state index in [2.05, 4.69) is 5.32 Å². The SMILES string of the molecule is CC(C)(C)OC(=O)NC([CH]CCC(N)c1ccccc1O)C(O)CCc1ccccc1. The molecule has 3 atom stereocenters. The van der Waals surface area contributed by atoms with E-state index in [1.807, 2.05) is 42.8 Å². The second-order valence-electron chi connectivity index (χ2n) is 8.74. The molecular weight excluding hydrogens is 392 g/mol. The van der Waals surface area contributed by atoms with Crippen LogP contribution in [0.5, 0.6) is 5.75 Å². The van der Waals surface area contributed by atoms with E-state index in [1.54, 1.807) is 39.0 Å². The number of para-hydroxylation sites is 1. The van der Waals surface area contributed by atoms with Gasteiger partial charge in [0.15, 0.2) is 0 Å². The number of phenolic OH excluding ortho intramolecular Hbond substituents is 1. The maximum atomic E-state index is 12.3. The first-order valence-corrected chi connectivity index (χ1v) is 10.7. The van der Waals surface area contributed by atoms with Crippen molar-refractivity contribution in [1.29, 1.82) is 0 Å². The van der Waals surface area contributed by atoms with Crippen LogP contribution in [0.15, 0.2) is 54.6 Å². The number of alkyl carbamates (subject to hydrolysis) is 1. The second kappa shape index (κ2) is 11.7. The van der Waals surface area contributed by atoms with Crippen molar-refractivity contribution in [1.82, 2.24) is 5.32 Å². The van der Waals surface area contributed by atoms with Gasteiger partial charge in [-0.25, -0.2) is 4.79 Å². The van der Waals surface area contributed by atoms with E-state index in [0.29, 0.717) is 31.2 Å². The van der Waals surface area contributed by atoms with Gasteiger partial charge in [-0.15, -0.1) is 0 Å². The quantitative estimate of drug-likeness (QED) is 0.453. The summed E-state index contributed by atoms with van der Waals surface area (Å²) < 4.78 is 5.35. The second-order valence-corrected chi connectivity index (χ2v) is 8.74. The molecule has 0 fully saturated rings. The van der Waals surface area contributed by atoms with Crippen LogP contribution in [0.3, 0.4) is 0 Å². The van der Waals surface area contributed by atoms with E-state index in [0.717, 1.165) is 5.56 Å². The van der Waals surface area contributed by atoms with Gasteiger partial charge in [0.05, 0.1) is 12.1 Å². The van der Waals surface area contributed by atoms with Gasteiger partial charge in [0.1, 0.15) is 11.4 Å². The molecule has 0 aliphatic carbocycles. The average molecular weight is 428 g/mol. The molecule has 2 rings (SSSR count). The lowest BCUT2D eigenvalue weighted by Gasteiger charge is -2.27. The average Bonchev–Trinajstić information content (AvgIpc) is 2.71. The lowest BCUT2D eigenvalue weighted by molar-refractivity contribution is 0.0436. The first kappa shape index (κ1) is 24.7. The molecule has 0 aliphatic heterocycles. The van der Waals surface area contributed by atoms with Crippen LogP contribution in [0.25, 0.3) is 0 Å². The van der Waals surface area contributed by atoms with E-state index in [1.165, 1.54) is 0 Å². The third-order valence-corrected chi connectivity index (χ3v) is 4.90. The fourth-order valence-electron chi connectivity index (χ4n) is 3.31. The third-order valence-electron chi connectivity index (χ3n) is 4.90. The highest BCUT2D eigenvalue weighted by molar-refractivity contribution is 5.68. The van der Waals surface area contributed by atoms with E-state index < -0.39 is 23.8 Å². The molecule has 0 spiro atoms. The smallest absolute Gasteiger partial charge is 0.407 e. The minimum Gasteiger partial charge on any atom is -0.508 e. The zero-order chi connectivity index (χ0) is 22.9. The Hall–Kier alpha value is -2.57. The summed E-state index contributed by atoms with van der Waals surface area (Å²) >= 11 is 0. The summed E-state index contributed by atoms with van der Waals surface area (Å²) in [5.41, 5.74) is 7.40. The third kappa shape index (κ3) is 8.99. The number of benzene rings is 2. The summed E-state index contributed by atoms with van der Waals surface area (Å²) in [5.74, 6) is 0.168. The largest absolute Gasteiger partial charge is 0.508 e. The summed E-state index contributed by atoms with van der Waals surface area (Å²) in [6.07, 6.45) is 2.83. The molecule has 0 saturated carbocycles. The van der Waals surface area contributed by atoms with Crippen LogP contribution in [-0.4, -0.2) is 34.1 Å². The zero-order valence-corrected chi connectivity index (χ0v) is 18.6. The number of nitrogens with two attached hydrogens (primary N) is 1. The number of ether oxygens (including phenoxy) is 1. The number of aryl methyl sites for hydroxylation is 1. The van der Waals surface area contributed by atoms with Gasteiger partial charge in [0.2, 0.25) is 0 Å². The Morgan fingerprint density at radius 2 is 1.74 bits per heavy atom. The highest BCUT2D eigenvalue weighted by Gasteiger charge is 2.25. The number of amides is 1. The standard InChI is InChI=1S/C25H35N2O4/c1-25(2,3)31-24(30)27-21(23(29)17-16-18-10-5-4-6-11-18)14-9-13-20(26)19-12-7-8-15-22(19)28/h4-8,10-12,14-15,20-21,23,28-29H,9,13,16-17,26H2,1-3H3,(H,27,30). The molecule has 2 aromatic carbocycles. The maximum Gasteiger partial charge on any atom is 0.407 e. The van der Waals surface area contributed by atoms with Crippen LogP contribution >= 0.6 is 0 Å². The number of aromatic hydroxyl groups is 1. The van der Waals surface area contributed by atoms with Crippen molar-refractivity contribution in [3.8, 4) is 5.75 Å². The van der Waals surface area contributed by atoms with Crippen molar-refractivity contribution < 1.29 is 19.7 Å². The Bertz CT molecular complexity index is 805. The number of rotatable bonds is 10. The van der Waals surface area contributed by atoms with Crippen LogP contribution in [-0.2, 0) is 11.2 Å². The van der Waals surface area contributed by atoms with Crippen LogP contribution in [0, 0.1) is 6.42 Å². The number of carbonyl (C=O) groups is 1. The van der Waals surface area contributed by atoms with E-state index in [4.69, 9.17) is 10.5 Å². The molecule has 1 radical (unpaired) electrons. The number of nitrogens with one attached hydrogen (secondary N) is 1. The van der Waals surface area contributed by atoms with Gasteiger partial charge in [0, 0.05) is 11.6 Å². The highest BCUT2D eigenvalue weighted by Crippen LogP contribution is 2.26. The summed E-state index contributed by atoms with van der Waals surface area (Å²) in [4.78, 5) is 12.3. The lowest BCUT2D eigenvalue weighted by atomic mass is 9.95. The van der Waals surface area contributed by atoms with Gasteiger partial charge in [0.25, 0.3) is 0 Å². The minimum atomic E-state index is -0.769. The van der Waals surface area contributed by atoms with E-state index in [-0.39, 0.29) is 11.8 Å². The number of phenols is 1.